The van der Waals surface area contributed by atoms with Gasteiger partial charge < -0.3 is 10.6 Å². The molecular weight excluding hydrogens is 372 g/mol. The number of aromatic nitrogens is 2. The third-order valence-electron chi connectivity index (χ3n) is 4.49. The quantitative estimate of drug-likeness (QED) is 0.541. The molecule has 1 heterocycles. The van der Waals surface area contributed by atoms with E-state index < -0.39 is 0 Å². The molecule has 1 aromatic heterocycles. The minimum atomic E-state index is 0. The Bertz CT molecular complexity index is 847. The van der Waals surface area contributed by atoms with Crippen molar-refractivity contribution in [2.45, 2.75) is 25.9 Å². The second-order valence-electron chi connectivity index (χ2n) is 6.54. The largest absolute Gasteiger partial charge is 0.352 e. The van der Waals surface area contributed by atoms with Crippen LogP contribution in [-0.2, 0) is 17.9 Å². The molecule has 2 aromatic carbocycles. The van der Waals surface area contributed by atoms with Crippen LogP contribution in [-0.4, -0.2) is 29.3 Å². The molecule has 0 bridgehead atoms. The van der Waals surface area contributed by atoms with Gasteiger partial charge in [0, 0.05) is 25.4 Å². The fourth-order valence-corrected chi connectivity index (χ4v) is 3.03. The first-order valence-electron chi connectivity index (χ1n) is 9.32. The molecule has 0 unspecified atom stereocenters. The highest BCUT2D eigenvalue weighted by molar-refractivity contribution is 5.85. The number of rotatable bonds is 9. The smallest absolute Gasteiger partial charge is 0.220 e. The summed E-state index contributed by atoms with van der Waals surface area (Å²) in [6.45, 7) is 2.16. The highest BCUT2D eigenvalue weighted by Crippen LogP contribution is 2.24. The number of halogens is 1. The van der Waals surface area contributed by atoms with Crippen LogP contribution in [0.5, 0.6) is 0 Å². The van der Waals surface area contributed by atoms with Gasteiger partial charge in [0.25, 0.3) is 0 Å². The van der Waals surface area contributed by atoms with Crippen LogP contribution in [0.2, 0.25) is 0 Å². The topological polar surface area (TPSA) is 59.0 Å². The van der Waals surface area contributed by atoms with Gasteiger partial charge in [0.05, 0.1) is 6.54 Å². The molecule has 2 N–H and O–H groups in total. The molecule has 0 atom stereocenters. The number of carbonyl (C=O) groups excluding carboxylic acids is 1. The summed E-state index contributed by atoms with van der Waals surface area (Å²) in [5, 5.41) is 10.3. The molecule has 0 saturated heterocycles. The zero-order chi connectivity index (χ0) is 18.9. The van der Waals surface area contributed by atoms with Gasteiger partial charge in [0.1, 0.15) is 0 Å². The van der Waals surface area contributed by atoms with E-state index in [4.69, 9.17) is 0 Å². The Morgan fingerprint density at radius 2 is 1.86 bits per heavy atom. The van der Waals surface area contributed by atoms with Crippen LogP contribution < -0.4 is 10.6 Å². The summed E-state index contributed by atoms with van der Waals surface area (Å²) in [6, 6.07) is 18.7. The molecule has 0 fully saturated rings. The normalized spacial score (nSPS) is 10.3. The third kappa shape index (κ3) is 6.22. The van der Waals surface area contributed by atoms with Crippen LogP contribution in [0, 0.1) is 0 Å². The summed E-state index contributed by atoms with van der Waals surface area (Å²) in [7, 11) is 1.90. The van der Waals surface area contributed by atoms with Gasteiger partial charge in [-0.3, -0.25) is 9.48 Å². The van der Waals surface area contributed by atoms with Gasteiger partial charge in [-0.2, -0.15) is 5.10 Å². The average Bonchev–Trinajstić information content (AvgIpc) is 3.20. The van der Waals surface area contributed by atoms with Gasteiger partial charge >= 0.3 is 0 Å². The lowest BCUT2D eigenvalue weighted by Crippen LogP contribution is -2.23. The first kappa shape index (κ1) is 21.7. The van der Waals surface area contributed by atoms with E-state index >= 15 is 0 Å². The maximum Gasteiger partial charge on any atom is 0.220 e. The van der Waals surface area contributed by atoms with E-state index in [-0.39, 0.29) is 18.3 Å². The monoisotopic (exact) mass is 398 g/mol. The van der Waals surface area contributed by atoms with Gasteiger partial charge in [-0.1, -0.05) is 48.5 Å². The highest BCUT2D eigenvalue weighted by Gasteiger charge is 2.07. The van der Waals surface area contributed by atoms with Crippen molar-refractivity contribution in [3.05, 3.63) is 78.1 Å². The molecule has 0 aliphatic rings. The van der Waals surface area contributed by atoms with Crippen molar-refractivity contribution in [2.24, 2.45) is 0 Å². The Balaban J connectivity index is 0.00000280. The Morgan fingerprint density at radius 1 is 1.07 bits per heavy atom. The maximum atomic E-state index is 12.0. The highest BCUT2D eigenvalue weighted by atomic mass is 35.5. The lowest BCUT2D eigenvalue weighted by atomic mass is 9.98. The molecule has 0 saturated carbocycles. The van der Waals surface area contributed by atoms with Gasteiger partial charge in [-0.15, -0.1) is 12.4 Å². The molecule has 0 radical (unpaired) electrons. The Kier molecular flexibility index (Phi) is 8.72. The molecule has 148 valence electrons. The zero-order valence-corrected chi connectivity index (χ0v) is 16.9. The Hall–Kier alpha value is -2.63. The van der Waals surface area contributed by atoms with Gasteiger partial charge in [-0.25, -0.2) is 0 Å². The van der Waals surface area contributed by atoms with Gasteiger partial charge in [-0.05, 0) is 48.3 Å². The van der Waals surface area contributed by atoms with Crippen molar-refractivity contribution in [1.82, 2.24) is 20.4 Å². The van der Waals surface area contributed by atoms with Crippen molar-refractivity contribution in [2.75, 3.05) is 13.6 Å². The SMILES string of the molecule is CNCCCC(=O)NCc1ccccc1-c1ccc(Cn2cccn2)cc1.Cl. The van der Waals surface area contributed by atoms with Crippen LogP contribution in [0.4, 0.5) is 0 Å². The minimum Gasteiger partial charge on any atom is -0.352 e. The van der Waals surface area contributed by atoms with Crippen LogP contribution in [0.3, 0.4) is 0 Å². The molecular formula is C22H27ClN4O. The third-order valence-corrected chi connectivity index (χ3v) is 4.49. The lowest BCUT2D eigenvalue weighted by Gasteiger charge is -2.12. The fraction of sp³-hybridized carbons (Fsp3) is 0.273. The van der Waals surface area contributed by atoms with E-state index in [2.05, 4.69) is 52.1 Å². The van der Waals surface area contributed by atoms with E-state index in [1.807, 2.05) is 36.1 Å². The first-order chi connectivity index (χ1) is 13.3. The summed E-state index contributed by atoms with van der Waals surface area (Å²) in [5.41, 5.74) is 4.63. The molecule has 5 nitrogen and oxygen atoms in total. The van der Waals surface area contributed by atoms with Crippen molar-refractivity contribution < 1.29 is 4.79 Å². The van der Waals surface area contributed by atoms with E-state index in [9.17, 15) is 4.79 Å². The molecule has 0 spiro atoms. The van der Waals surface area contributed by atoms with Gasteiger partial charge in [0.2, 0.25) is 5.91 Å². The van der Waals surface area contributed by atoms with E-state index in [0.717, 1.165) is 36.2 Å². The minimum absolute atomic E-state index is 0. The van der Waals surface area contributed by atoms with E-state index in [1.54, 1.807) is 6.20 Å². The Morgan fingerprint density at radius 3 is 2.57 bits per heavy atom. The maximum absolute atomic E-state index is 12.0. The van der Waals surface area contributed by atoms with Crippen molar-refractivity contribution in [3.63, 3.8) is 0 Å². The predicted octanol–water partition coefficient (Wildman–Crippen LogP) is 3.64. The molecule has 3 rings (SSSR count). The van der Waals surface area contributed by atoms with Crippen molar-refractivity contribution in [3.8, 4) is 11.1 Å². The molecule has 3 aromatic rings. The summed E-state index contributed by atoms with van der Waals surface area (Å²) in [4.78, 5) is 12.0. The molecule has 28 heavy (non-hydrogen) atoms. The number of amides is 1. The second-order valence-corrected chi connectivity index (χ2v) is 6.54. The van der Waals surface area contributed by atoms with Crippen LogP contribution >= 0.6 is 12.4 Å². The van der Waals surface area contributed by atoms with Crippen molar-refractivity contribution in [1.29, 1.82) is 0 Å². The summed E-state index contributed by atoms with van der Waals surface area (Å²) in [5.74, 6) is 0.0922. The van der Waals surface area contributed by atoms with Crippen LogP contribution in [0.25, 0.3) is 11.1 Å². The zero-order valence-electron chi connectivity index (χ0n) is 16.1. The van der Waals surface area contributed by atoms with E-state index in [1.165, 1.54) is 5.56 Å². The fourth-order valence-electron chi connectivity index (χ4n) is 3.03. The summed E-state index contributed by atoms with van der Waals surface area (Å²) >= 11 is 0. The van der Waals surface area contributed by atoms with E-state index in [0.29, 0.717) is 13.0 Å². The Labute approximate surface area is 172 Å². The number of hydrogen-bond acceptors (Lipinski definition) is 3. The average molecular weight is 399 g/mol. The molecule has 6 heteroatoms. The molecule has 0 aliphatic heterocycles. The summed E-state index contributed by atoms with van der Waals surface area (Å²) < 4.78 is 1.91. The number of benzene rings is 2. The predicted molar refractivity (Wildman–Crippen MR) is 115 cm³/mol. The molecule has 0 aliphatic carbocycles. The number of nitrogens with zero attached hydrogens (tertiary/aromatic N) is 2. The van der Waals surface area contributed by atoms with Crippen molar-refractivity contribution >= 4 is 18.3 Å². The standard InChI is InChI=1S/C22H26N4O.ClH/c1-23-13-4-8-22(27)24-16-20-6-2-3-7-21(20)19-11-9-18(10-12-19)17-26-15-5-14-25-26;/h2-3,5-7,9-12,14-15,23H,4,8,13,16-17H2,1H3,(H,24,27);1H. The lowest BCUT2D eigenvalue weighted by molar-refractivity contribution is -0.121. The number of carbonyl (C=O) groups is 1. The number of nitrogens with one attached hydrogen (secondary N) is 2. The molecule has 1 amide bonds. The van der Waals surface area contributed by atoms with Crippen LogP contribution in [0.1, 0.15) is 24.0 Å². The number of hydrogen-bond donors (Lipinski definition) is 2. The van der Waals surface area contributed by atoms with Crippen LogP contribution in [0.15, 0.2) is 67.0 Å². The second kappa shape index (κ2) is 11.3. The summed E-state index contributed by atoms with van der Waals surface area (Å²) in [6.07, 6.45) is 5.15. The first-order valence-corrected chi connectivity index (χ1v) is 9.32. The van der Waals surface area contributed by atoms with Gasteiger partial charge in [0.15, 0.2) is 0 Å².